The Morgan fingerprint density at radius 2 is 2.00 bits per heavy atom. The Kier molecular flexibility index (Phi) is 2.23. The van der Waals surface area contributed by atoms with Crippen molar-refractivity contribution in [3.05, 3.63) is 46.6 Å². The first kappa shape index (κ1) is 10.7. The topological polar surface area (TPSA) is 59.7 Å². The summed E-state index contributed by atoms with van der Waals surface area (Å²) in [5.74, 6) is 0.496. The average Bonchev–Trinajstić information content (AvgIpc) is 2.39. The molecule has 0 aliphatic carbocycles. The zero-order chi connectivity index (χ0) is 12.7. The van der Waals surface area contributed by atoms with Crippen molar-refractivity contribution in [2.24, 2.45) is 0 Å². The molecule has 0 fully saturated rings. The van der Waals surface area contributed by atoms with Crippen LogP contribution in [0, 0.1) is 0 Å². The zero-order valence-corrected chi connectivity index (χ0v) is 9.64. The van der Waals surface area contributed by atoms with Crippen LogP contribution in [0.15, 0.2) is 45.6 Å². The van der Waals surface area contributed by atoms with Crippen molar-refractivity contribution < 1.29 is 14.3 Å². The Morgan fingerprint density at radius 3 is 2.78 bits per heavy atom. The molecule has 3 aromatic rings. The molecule has 4 heteroatoms. The number of hydrogen-bond donors (Lipinski definition) is 1. The number of phenols is 1. The molecule has 0 radical (unpaired) electrons. The van der Waals surface area contributed by atoms with E-state index in [1.165, 1.54) is 19.2 Å². The Labute approximate surface area is 102 Å². The van der Waals surface area contributed by atoms with Crippen molar-refractivity contribution in [3.63, 3.8) is 0 Å². The number of ether oxygens (including phenoxy) is 1. The summed E-state index contributed by atoms with van der Waals surface area (Å²) in [7, 11) is 1.50. The maximum absolute atomic E-state index is 12.4. The Hall–Kier alpha value is -2.49. The molecule has 0 aliphatic rings. The zero-order valence-electron chi connectivity index (χ0n) is 9.64. The summed E-state index contributed by atoms with van der Waals surface area (Å²) in [4.78, 5) is 12.4. The number of phenolic OH excluding ortho intramolecular Hbond substituents is 1. The second kappa shape index (κ2) is 3.77. The highest BCUT2D eigenvalue weighted by atomic mass is 16.5. The van der Waals surface area contributed by atoms with Crippen molar-refractivity contribution in [2.45, 2.75) is 0 Å². The lowest BCUT2D eigenvalue weighted by Gasteiger charge is -2.05. The molecule has 0 atom stereocenters. The minimum atomic E-state index is -0.209. The lowest BCUT2D eigenvalue weighted by molar-refractivity contribution is 0.419. The second-order valence-corrected chi connectivity index (χ2v) is 3.95. The van der Waals surface area contributed by atoms with Crippen LogP contribution in [-0.2, 0) is 0 Å². The van der Waals surface area contributed by atoms with Crippen LogP contribution in [0.5, 0.6) is 11.5 Å². The highest BCUT2D eigenvalue weighted by Crippen LogP contribution is 2.27. The minimum Gasteiger partial charge on any atom is -0.508 e. The molecule has 2 aromatic carbocycles. The molecule has 0 saturated carbocycles. The van der Waals surface area contributed by atoms with E-state index in [0.29, 0.717) is 27.7 Å². The monoisotopic (exact) mass is 242 g/mol. The largest absolute Gasteiger partial charge is 0.508 e. The summed E-state index contributed by atoms with van der Waals surface area (Å²) >= 11 is 0. The van der Waals surface area contributed by atoms with Crippen LogP contribution in [-0.4, -0.2) is 12.2 Å². The van der Waals surface area contributed by atoms with Gasteiger partial charge in [0.2, 0.25) is 5.43 Å². The van der Waals surface area contributed by atoms with Gasteiger partial charge in [0.25, 0.3) is 0 Å². The molecule has 0 bridgehead atoms. The SMILES string of the molecule is COc1cccc2oc3ccc(O)cc3c(=O)c12. The van der Waals surface area contributed by atoms with E-state index in [1.54, 1.807) is 24.3 Å². The van der Waals surface area contributed by atoms with Crippen LogP contribution >= 0.6 is 0 Å². The predicted molar refractivity (Wildman–Crippen MR) is 68.2 cm³/mol. The molecule has 1 aromatic heterocycles. The maximum atomic E-state index is 12.4. The molecule has 0 saturated heterocycles. The van der Waals surface area contributed by atoms with Gasteiger partial charge in [0, 0.05) is 0 Å². The van der Waals surface area contributed by atoms with Crippen molar-refractivity contribution in [2.75, 3.05) is 7.11 Å². The fourth-order valence-electron chi connectivity index (χ4n) is 2.03. The van der Waals surface area contributed by atoms with Gasteiger partial charge < -0.3 is 14.3 Å². The molecule has 90 valence electrons. The minimum absolute atomic E-state index is 0.0315. The van der Waals surface area contributed by atoms with Crippen LogP contribution in [0.3, 0.4) is 0 Å². The van der Waals surface area contributed by atoms with Crippen LogP contribution in [0.4, 0.5) is 0 Å². The van der Waals surface area contributed by atoms with Gasteiger partial charge in [-0.3, -0.25) is 4.79 Å². The maximum Gasteiger partial charge on any atom is 0.204 e. The van der Waals surface area contributed by atoms with E-state index in [1.807, 2.05) is 0 Å². The number of benzene rings is 2. The number of fused-ring (bicyclic) bond motifs is 2. The van der Waals surface area contributed by atoms with Gasteiger partial charge in [-0.25, -0.2) is 0 Å². The van der Waals surface area contributed by atoms with Gasteiger partial charge >= 0.3 is 0 Å². The van der Waals surface area contributed by atoms with Crippen LogP contribution in [0.1, 0.15) is 0 Å². The van der Waals surface area contributed by atoms with E-state index in [4.69, 9.17) is 9.15 Å². The number of aromatic hydroxyl groups is 1. The Bertz CT molecular complexity index is 802. The Balaban J connectivity index is 2.58. The summed E-state index contributed by atoms with van der Waals surface area (Å²) in [5, 5.41) is 10.2. The summed E-state index contributed by atoms with van der Waals surface area (Å²) in [6.07, 6.45) is 0. The second-order valence-electron chi connectivity index (χ2n) is 3.95. The lowest BCUT2D eigenvalue weighted by Crippen LogP contribution is -2.03. The quantitative estimate of drug-likeness (QED) is 0.666. The summed E-state index contributed by atoms with van der Waals surface area (Å²) in [5.41, 5.74) is 0.704. The van der Waals surface area contributed by atoms with Crippen LogP contribution < -0.4 is 10.2 Å². The van der Waals surface area contributed by atoms with Gasteiger partial charge in [0.15, 0.2) is 0 Å². The molecule has 3 rings (SSSR count). The van der Waals surface area contributed by atoms with Gasteiger partial charge in [-0.2, -0.15) is 0 Å². The third kappa shape index (κ3) is 1.43. The molecular formula is C14H10O4. The smallest absolute Gasteiger partial charge is 0.204 e. The van der Waals surface area contributed by atoms with E-state index in [2.05, 4.69) is 0 Å². The highest BCUT2D eigenvalue weighted by molar-refractivity contribution is 5.93. The summed E-state index contributed by atoms with van der Waals surface area (Å²) in [6.45, 7) is 0. The number of rotatable bonds is 1. The van der Waals surface area contributed by atoms with E-state index < -0.39 is 0 Å². The molecule has 1 heterocycles. The highest BCUT2D eigenvalue weighted by Gasteiger charge is 2.12. The fraction of sp³-hybridized carbons (Fsp3) is 0.0714. The van der Waals surface area contributed by atoms with E-state index in [9.17, 15) is 9.90 Å². The molecule has 0 aliphatic heterocycles. The molecule has 1 N–H and O–H groups in total. The van der Waals surface area contributed by atoms with Gasteiger partial charge in [-0.05, 0) is 30.3 Å². The van der Waals surface area contributed by atoms with E-state index in [-0.39, 0.29) is 11.2 Å². The predicted octanol–water partition coefficient (Wildman–Crippen LogP) is 2.66. The lowest BCUT2D eigenvalue weighted by atomic mass is 10.1. The molecule has 18 heavy (non-hydrogen) atoms. The van der Waals surface area contributed by atoms with Crippen molar-refractivity contribution in [3.8, 4) is 11.5 Å². The van der Waals surface area contributed by atoms with Crippen molar-refractivity contribution >= 4 is 21.9 Å². The van der Waals surface area contributed by atoms with Gasteiger partial charge in [0.1, 0.15) is 28.1 Å². The normalized spacial score (nSPS) is 10.9. The van der Waals surface area contributed by atoms with Crippen LogP contribution in [0.25, 0.3) is 21.9 Å². The van der Waals surface area contributed by atoms with E-state index in [0.717, 1.165) is 0 Å². The van der Waals surface area contributed by atoms with Crippen molar-refractivity contribution in [1.82, 2.24) is 0 Å². The molecule has 0 unspecified atom stereocenters. The first-order chi connectivity index (χ1) is 8.70. The van der Waals surface area contributed by atoms with Gasteiger partial charge in [-0.1, -0.05) is 6.07 Å². The number of hydrogen-bond acceptors (Lipinski definition) is 4. The third-order valence-electron chi connectivity index (χ3n) is 2.86. The third-order valence-corrected chi connectivity index (χ3v) is 2.86. The van der Waals surface area contributed by atoms with Crippen molar-refractivity contribution in [1.29, 1.82) is 0 Å². The first-order valence-electron chi connectivity index (χ1n) is 5.43. The van der Waals surface area contributed by atoms with Gasteiger partial charge in [-0.15, -0.1) is 0 Å². The number of methoxy groups -OCH3 is 1. The fourth-order valence-corrected chi connectivity index (χ4v) is 2.03. The summed E-state index contributed by atoms with van der Waals surface area (Å²) in [6, 6.07) is 9.63. The Morgan fingerprint density at radius 1 is 1.17 bits per heavy atom. The molecular weight excluding hydrogens is 232 g/mol. The molecule has 4 nitrogen and oxygen atoms in total. The standard InChI is InChI=1S/C14H10O4/c1-17-11-3-2-4-12-13(11)14(16)9-7-8(15)5-6-10(9)18-12/h2-7,15H,1H3. The van der Waals surface area contributed by atoms with Gasteiger partial charge in [0.05, 0.1) is 12.5 Å². The van der Waals surface area contributed by atoms with Crippen LogP contribution in [0.2, 0.25) is 0 Å². The first-order valence-corrected chi connectivity index (χ1v) is 5.43. The van der Waals surface area contributed by atoms with E-state index >= 15 is 0 Å². The summed E-state index contributed by atoms with van der Waals surface area (Å²) < 4.78 is 10.8. The average molecular weight is 242 g/mol. The molecule has 0 amide bonds. The molecule has 0 spiro atoms.